The Balaban J connectivity index is 2.52. The van der Waals surface area contributed by atoms with Gasteiger partial charge in [-0.1, -0.05) is 18.7 Å². The summed E-state index contributed by atoms with van der Waals surface area (Å²) >= 11 is 0. The molecule has 1 atom stereocenters. The number of ether oxygens (including phenoxy) is 2. The summed E-state index contributed by atoms with van der Waals surface area (Å²) in [7, 11) is 0. The predicted molar refractivity (Wildman–Crippen MR) is 59.8 cm³/mol. The van der Waals surface area contributed by atoms with Gasteiger partial charge in [0.05, 0.1) is 0 Å². The molecule has 1 aliphatic heterocycles. The van der Waals surface area contributed by atoms with Crippen LogP contribution in [-0.2, 0) is 4.74 Å². The maximum absolute atomic E-state index is 11.6. The van der Waals surface area contributed by atoms with Crippen LogP contribution in [0.2, 0.25) is 0 Å². The molecular weight excluding hydrogens is 204 g/mol. The average Bonchev–Trinajstić information content (AvgIpc) is 2.28. The molecular formula is C13H10O3. The maximum atomic E-state index is 11.6. The first-order valence-corrected chi connectivity index (χ1v) is 4.74. The average molecular weight is 214 g/mol. The molecule has 0 saturated heterocycles. The lowest BCUT2D eigenvalue weighted by Gasteiger charge is -2.30. The zero-order valence-electron chi connectivity index (χ0n) is 8.82. The van der Waals surface area contributed by atoms with Gasteiger partial charge < -0.3 is 9.47 Å². The van der Waals surface area contributed by atoms with Crippen molar-refractivity contribution in [2.75, 3.05) is 0 Å². The number of hydrogen-bond donors (Lipinski definition) is 0. The molecule has 3 nitrogen and oxygen atoms in total. The highest BCUT2D eigenvalue weighted by atomic mass is 16.7. The van der Waals surface area contributed by atoms with Gasteiger partial charge in [-0.15, -0.1) is 6.42 Å². The van der Waals surface area contributed by atoms with Gasteiger partial charge in [0.25, 0.3) is 0 Å². The van der Waals surface area contributed by atoms with Gasteiger partial charge in [-0.05, 0) is 23.6 Å². The van der Waals surface area contributed by atoms with E-state index in [0.29, 0.717) is 11.3 Å². The summed E-state index contributed by atoms with van der Waals surface area (Å²) in [5.74, 6) is 0.919. The molecule has 80 valence electrons. The highest BCUT2D eigenvalue weighted by molar-refractivity contribution is 5.94. The van der Waals surface area contributed by atoms with Gasteiger partial charge in [0, 0.05) is 6.92 Å². The summed E-state index contributed by atoms with van der Waals surface area (Å²) in [5, 5.41) is 0. The minimum atomic E-state index is -1.33. The Kier molecular flexibility index (Phi) is 2.21. The number of fused-ring (bicyclic) bond motifs is 1. The maximum Gasteiger partial charge on any atom is 0.345 e. The fraction of sp³-hybridized carbons (Fsp3) is 0.154. The first-order valence-electron chi connectivity index (χ1n) is 4.74. The number of rotatable bonds is 1. The smallest absolute Gasteiger partial charge is 0.345 e. The van der Waals surface area contributed by atoms with E-state index in [2.05, 4.69) is 12.5 Å². The van der Waals surface area contributed by atoms with Crippen molar-refractivity contribution in [2.24, 2.45) is 0 Å². The van der Waals surface area contributed by atoms with Crippen LogP contribution in [0.4, 0.5) is 0 Å². The lowest BCUT2D eigenvalue weighted by Crippen LogP contribution is -2.40. The van der Waals surface area contributed by atoms with Crippen molar-refractivity contribution in [3.63, 3.8) is 0 Å². The third-order valence-corrected chi connectivity index (χ3v) is 2.32. The Labute approximate surface area is 93.7 Å². The standard InChI is InChI=1S/C13H10O3/c1-4-9-6-7-10-11(8-9)15-13(3,5-2)16-12(10)14/h2,4,6-8H,1H2,3H3. The molecule has 1 unspecified atom stereocenters. The van der Waals surface area contributed by atoms with E-state index >= 15 is 0 Å². The largest absolute Gasteiger partial charge is 0.441 e. The van der Waals surface area contributed by atoms with E-state index < -0.39 is 11.8 Å². The van der Waals surface area contributed by atoms with Crippen LogP contribution in [0, 0.1) is 12.3 Å². The van der Waals surface area contributed by atoms with Crippen LogP contribution in [0.1, 0.15) is 22.8 Å². The van der Waals surface area contributed by atoms with Crippen molar-refractivity contribution in [3.05, 3.63) is 35.9 Å². The number of carbonyl (C=O) groups excluding carboxylic acids is 1. The molecule has 0 aromatic heterocycles. The number of esters is 1. The van der Waals surface area contributed by atoms with E-state index in [9.17, 15) is 4.79 Å². The minimum absolute atomic E-state index is 0.373. The summed E-state index contributed by atoms with van der Waals surface area (Å²) in [5.41, 5.74) is 1.23. The lowest BCUT2D eigenvalue weighted by molar-refractivity contribution is -0.0983. The topological polar surface area (TPSA) is 35.5 Å². The van der Waals surface area contributed by atoms with Gasteiger partial charge in [-0.25, -0.2) is 4.79 Å². The van der Waals surface area contributed by atoms with Crippen molar-refractivity contribution < 1.29 is 14.3 Å². The summed E-state index contributed by atoms with van der Waals surface area (Å²) < 4.78 is 10.5. The van der Waals surface area contributed by atoms with Crippen molar-refractivity contribution in [3.8, 4) is 18.1 Å². The Hall–Kier alpha value is -2.21. The normalized spacial score (nSPS) is 22.4. The zero-order valence-corrected chi connectivity index (χ0v) is 8.82. The monoisotopic (exact) mass is 214 g/mol. The van der Waals surface area contributed by atoms with Crippen LogP contribution < -0.4 is 4.74 Å². The van der Waals surface area contributed by atoms with Gasteiger partial charge in [0.2, 0.25) is 0 Å². The summed E-state index contributed by atoms with van der Waals surface area (Å²) in [6, 6.07) is 5.10. The number of carbonyl (C=O) groups is 1. The predicted octanol–water partition coefficient (Wildman–Crippen LogP) is 2.23. The van der Waals surface area contributed by atoms with Gasteiger partial charge in [0.1, 0.15) is 11.3 Å². The van der Waals surface area contributed by atoms with E-state index in [1.807, 2.05) is 0 Å². The van der Waals surface area contributed by atoms with E-state index in [1.165, 1.54) is 6.92 Å². The second-order valence-electron chi connectivity index (χ2n) is 3.54. The van der Waals surface area contributed by atoms with Crippen LogP contribution >= 0.6 is 0 Å². The molecule has 0 amide bonds. The minimum Gasteiger partial charge on any atom is -0.441 e. The van der Waals surface area contributed by atoms with Crippen LogP contribution in [-0.4, -0.2) is 11.8 Å². The molecule has 0 N–H and O–H groups in total. The Morgan fingerprint density at radius 2 is 2.25 bits per heavy atom. The number of benzene rings is 1. The Morgan fingerprint density at radius 1 is 1.50 bits per heavy atom. The van der Waals surface area contributed by atoms with Gasteiger partial charge in [-0.3, -0.25) is 0 Å². The fourth-order valence-electron chi connectivity index (χ4n) is 1.44. The molecule has 1 aromatic rings. The fourth-order valence-corrected chi connectivity index (χ4v) is 1.44. The second-order valence-corrected chi connectivity index (χ2v) is 3.54. The molecule has 0 bridgehead atoms. The van der Waals surface area contributed by atoms with E-state index in [-0.39, 0.29) is 0 Å². The van der Waals surface area contributed by atoms with E-state index in [4.69, 9.17) is 15.9 Å². The molecule has 0 radical (unpaired) electrons. The van der Waals surface area contributed by atoms with Crippen molar-refractivity contribution in [1.82, 2.24) is 0 Å². The third-order valence-electron chi connectivity index (χ3n) is 2.32. The zero-order chi connectivity index (χ0) is 11.8. The lowest BCUT2D eigenvalue weighted by atomic mass is 10.1. The number of terminal acetylenes is 1. The van der Waals surface area contributed by atoms with Crippen LogP contribution in [0.3, 0.4) is 0 Å². The third kappa shape index (κ3) is 1.55. The van der Waals surface area contributed by atoms with Crippen molar-refractivity contribution >= 4 is 12.0 Å². The van der Waals surface area contributed by atoms with Crippen LogP contribution in [0.15, 0.2) is 24.8 Å². The quantitative estimate of drug-likeness (QED) is 0.531. The highest BCUT2D eigenvalue weighted by Gasteiger charge is 2.36. The first-order chi connectivity index (χ1) is 7.58. The molecule has 2 rings (SSSR count). The van der Waals surface area contributed by atoms with Crippen molar-refractivity contribution in [2.45, 2.75) is 12.7 Å². The van der Waals surface area contributed by atoms with Crippen LogP contribution in [0.25, 0.3) is 6.08 Å². The molecule has 1 aliphatic rings. The molecule has 0 saturated carbocycles. The molecule has 0 spiro atoms. The highest BCUT2D eigenvalue weighted by Crippen LogP contribution is 2.31. The molecule has 1 heterocycles. The molecule has 0 aliphatic carbocycles. The summed E-state index contributed by atoms with van der Waals surface area (Å²) in [6.45, 7) is 5.17. The molecule has 16 heavy (non-hydrogen) atoms. The SMILES string of the molecule is C#CC1(C)OC(=O)c2ccc(C=C)cc2O1. The van der Waals surface area contributed by atoms with Crippen LogP contribution in [0.5, 0.6) is 5.75 Å². The Bertz CT molecular complexity index is 510. The van der Waals surface area contributed by atoms with E-state index in [0.717, 1.165) is 5.56 Å². The number of hydrogen-bond acceptors (Lipinski definition) is 3. The summed E-state index contributed by atoms with van der Waals surface area (Å²) in [4.78, 5) is 11.6. The van der Waals surface area contributed by atoms with Gasteiger partial charge >= 0.3 is 11.8 Å². The summed E-state index contributed by atoms with van der Waals surface area (Å²) in [6.07, 6.45) is 6.92. The Morgan fingerprint density at radius 3 is 2.88 bits per heavy atom. The molecule has 0 fully saturated rings. The van der Waals surface area contributed by atoms with Gasteiger partial charge in [0.15, 0.2) is 0 Å². The number of cyclic esters (lactones) is 1. The molecule has 3 heteroatoms. The van der Waals surface area contributed by atoms with Crippen molar-refractivity contribution in [1.29, 1.82) is 0 Å². The van der Waals surface area contributed by atoms with Gasteiger partial charge in [-0.2, -0.15) is 0 Å². The molecule has 1 aromatic carbocycles. The van der Waals surface area contributed by atoms with E-state index in [1.54, 1.807) is 24.3 Å². The second kappa shape index (κ2) is 3.42. The first kappa shape index (κ1) is 10.3.